The Balaban J connectivity index is 1.40. The van der Waals surface area contributed by atoms with Crippen molar-refractivity contribution in [1.29, 1.82) is 0 Å². The van der Waals surface area contributed by atoms with E-state index in [1.807, 2.05) is 35.7 Å². The third-order valence-electron chi connectivity index (χ3n) is 5.69. The van der Waals surface area contributed by atoms with Gasteiger partial charge < -0.3 is 14.6 Å². The lowest BCUT2D eigenvalue weighted by molar-refractivity contribution is 0.0958. The number of carbonyl (C=O) groups excluding carboxylic acids is 1. The molecule has 0 bridgehead atoms. The van der Waals surface area contributed by atoms with E-state index in [0.29, 0.717) is 25.5 Å². The Morgan fingerprint density at radius 3 is 2.79 bits per heavy atom. The van der Waals surface area contributed by atoms with Gasteiger partial charge >= 0.3 is 0 Å². The van der Waals surface area contributed by atoms with Crippen molar-refractivity contribution in [3.05, 3.63) is 81.8 Å². The summed E-state index contributed by atoms with van der Waals surface area (Å²) in [5, 5.41) is 4.92. The van der Waals surface area contributed by atoms with Crippen LogP contribution in [0.15, 0.2) is 60.0 Å². The smallest absolute Gasteiger partial charge is 0.261 e. The number of imidazole rings is 1. The molecule has 2 aromatic carbocycles. The third kappa shape index (κ3) is 5.63. The lowest BCUT2D eigenvalue weighted by Gasteiger charge is -2.15. The van der Waals surface area contributed by atoms with Gasteiger partial charge in [-0.05, 0) is 60.0 Å². The topological polar surface area (TPSA) is 56.1 Å². The fourth-order valence-electron chi connectivity index (χ4n) is 4.00. The highest BCUT2D eigenvalue weighted by molar-refractivity contribution is 7.12. The van der Waals surface area contributed by atoms with E-state index in [2.05, 4.69) is 54.9 Å². The molecule has 5 nitrogen and oxygen atoms in total. The van der Waals surface area contributed by atoms with E-state index in [-0.39, 0.29) is 5.91 Å². The molecule has 0 unspecified atom stereocenters. The van der Waals surface area contributed by atoms with Crippen LogP contribution in [0.25, 0.3) is 11.0 Å². The molecule has 0 radical (unpaired) electrons. The summed E-state index contributed by atoms with van der Waals surface area (Å²) in [4.78, 5) is 17.8. The Labute approximate surface area is 199 Å². The number of para-hydroxylation sites is 2. The molecule has 4 aromatic rings. The average Bonchev–Trinajstić information content (AvgIpc) is 3.45. The van der Waals surface area contributed by atoms with Gasteiger partial charge in [-0.1, -0.05) is 44.2 Å². The van der Waals surface area contributed by atoms with Crippen molar-refractivity contribution in [1.82, 2.24) is 14.9 Å². The number of amides is 1. The summed E-state index contributed by atoms with van der Waals surface area (Å²) >= 11 is 1.45. The Hall–Kier alpha value is -3.12. The number of aromatic nitrogens is 2. The van der Waals surface area contributed by atoms with Gasteiger partial charge in [0.2, 0.25) is 0 Å². The lowest BCUT2D eigenvalue weighted by Crippen LogP contribution is -2.25. The van der Waals surface area contributed by atoms with E-state index in [9.17, 15) is 4.79 Å². The standard InChI is InChI=1S/C27H31N3O2S/c1-19(2)21-12-11-20(3)18-24(21)32-16-7-15-30-23-9-5-4-8-22(23)29-26(30)13-14-28-27(31)25-10-6-17-33-25/h4-6,8-12,17-19H,7,13-16H2,1-3H3,(H,28,31). The van der Waals surface area contributed by atoms with Crippen LogP contribution in [0.4, 0.5) is 0 Å². The zero-order chi connectivity index (χ0) is 23.2. The molecule has 2 aromatic heterocycles. The van der Waals surface area contributed by atoms with E-state index in [4.69, 9.17) is 9.72 Å². The van der Waals surface area contributed by atoms with Crippen LogP contribution in [0, 0.1) is 6.92 Å². The van der Waals surface area contributed by atoms with Crippen molar-refractivity contribution >= 4 is 28.3 Å². The number of benzene rings is 2. The highest BCUT2D eigenvalue weighted by atomic mass is 32.1. The second kappa shape index (κ2) is 10.7. The summed E-state index contributed by atoms with van der Waals surface area (Å²) in [6.07, 6.45) is 1.56. The van der Waals surface area contributed by atoms with Crippen LogP contribution >= 0.6 is 11.3 Å². The average molecular weight is 462 g/mol. The second-order valence-electron chi connectivity index (χ2n) is 8.55. The SMILES string of the molecule is Cc1ccc(C(C)C)c(OCCCn2c(CCNC(=O)c3cccs3)nc3ccccc32)c1. The zero-order valence-corrected chi connectivity index (χ0v) is 20.3. The molecule has 0 saturated heterocycles. The zero-order valence-electron chi connectivity index (χ0n) is 19.5. The summed E-state index contributed by atoms with van der Waals surface area (Å²) in [6.45, 7) is 8.49. The van der Waals surface area contributed by atoms with Crippen LogP contribution in [0.1, 0.15) is 52.8 Å². The number of carbonyl (C=O) groups is 1. The second-order valence-corrected chi connectivity index (χ2v) is 9.50. The molecule has 4 rings (SSSR count). The highest BCUT2D eigenvalue weighted by Crippen LogP contribution is 2.27. The molecular weight excluding hydrogens is 430 g/mol. The number of ether oxygens (including phenoxy) is 1. The molecule has 1 amide bonds. The summed E-state index contributed by atoms with van der Waals surface area (Å²) in [5.41, 5.74) is 4.56. The number of nitrogens with zero attached hydrogens (tertiary/aromatic N) is 2. The van der Waals surface area contributed by atoms with E-state index in [1.165, 1.54) is 22.5 Å². The summed E-state index contributed by atoms with van der Waals surface area (Å²) in [6, 6.07) is 18.4. The first-order valence-corrected chi connectivity index (χ1v) is 12.4. The number of hydrogen-bond donors (Lipinski definition) is 1. The van der Waals surface area contributed by atoms with Gasteiger partial charge in [0.1, 0.15) is 11.6 Å². The number of hydrogen-bond acceptors (Lipinski definition) is 4. The quantitative estimate of drug-likeness (QED) is 0.296. The van der Waals surface area contributed by atoms with Crippen LogP contribution in [0.5, 0.6) is 5.75 Å². The molecule has 2 heterocycles. The largest absolute Gasteiger partial charge is 0.493 e. The first-order valence-electron chi connectivity index (χ1n) is 11.5. The molecule has 1 N–H and O–H groups in total. The van der Waals surface area contributed by atoms with Crippen LogP contribution in [0.3, 0.4) is 0 Å². The van der Waals surface area contributed by atoms with Crippen molar-refractivity contribution in [3.8, 4) is 5.75 Å². The normalized spacial score (nSPS) is 11.3. The number of nitrogens with one attached hydrogen (secondary N) is 1. The van der Waals surface area contributed by atoms with Gasteiger partial charge in [0.05, 0.1) is 22.5 Å². The van der Waals surface area contributed by atoms with Crippen molar-refractivity contribution < 1.29 is 9.53 Å². The minimum atomic E-state index is -0.0276. The Morgan fingerprint density at radius 1 is 1.15 bits per heavy atom. The molecule has 0 aliphatic carbocycles. The maximum atomic E-state index is 12.3. The van der Waals surface area contributed by atoms with Crippen molar-refractivity contribution in [2.75, 3.05) is 13.2 Å². The van der Waals surface area contributed by atoms with Crippen molar-refractivity contribution in [2.24, 2.45) is 0 Å². The van der Waals surface area contributed by atoms with Gasteiger partial charge in [0, 0.05) is 19.5 Å². The van der Waals surface area contributed by atoms with Crippen LogP contribution < -0.4 is 10.1 Å². The predicted octanol–water partition coefficient (Wildman–Crippen LogP) is 5.97. The molecule has 0 saturated carbocycles. The molecule has 172 valence electrons. The number of rotatable bonds is 10. The van der Waals surface area contributed by atoms with Crippen LogP contribution in [-0.2, 0) is 13.0 Å². The molecule has 0 aliphatic heterocycles. The molecule has 33 heavy (non-hydrogen) atoms. The minimum Gasteiger partial charge on any atom is -0.493 e. The molecule has 0 aliphatic rings. The summed E-state index contributed by atoms with van der Waals surface area (Å²) in [5.74, 6) is 2.37. The van der Waals surface area contributed by atoms with E-state index in [1.54, 1.807) is 0 Å². The summed E-state index contributed by atoms with van der Waals surface area (Å²) in [7, 11) is 0. The first-order chi connectivity index (χ1) is 16.0. The predicted molar refractivity (Wildman–Crippen MR) is 135 cm³/mol. The fourth-order valence-corrected chi connectivity index (χ4v) is 4.64. The van der Waals surface area contributed by atoms with E-state index < -0.39 is 0 Å². The van der Waals surface area contributed by atoms with Crippen LogP contribution in [0.2, 0.25) is 0 Å². The maximum absolute atomic E-state index is 12.3. The number of thiophene rings is 1. The molecular formula is C27H31N3O2S. The van der Waals surface area contributed by atoms with Gasteiger partial charge in [-0.2, -0.15) is 0 Å². The maximum Gasteiger partial charge on any atom is 0.261 e. The van der Waals surface area contributed by atoms with Gasteiger partial charge in [-0.15, -0.1) is 11.3 Å². The number of fused-ring (bicyclic) bond motifs is 1. The van der Waals surface area contributed by atoms with Crippen LogP contribution in [-0.4, -0.2) is 28.6 Å². The Bertz CT molecular complexity index is 1210. The van der Waals surface area contributed by atoms with Crippen molar-refractivity contribution in [2.45, 2.75) is 46.1 Å². The number of aryl methyl sites for hydroxylation is 2. The Morgan fingerprint density at radius 2 is 2.00 bits per heavy atom. The molecule has 6 heteroatoms. The molecule has 0 fully saturated rings. The highest BCUT2D eigenvalue weighted by Gasteiger charge is 2.13. The van der Waals surface area contributed by atoms with Gasteiger partial charge in [0.15, 0.2) is 0 Å². The van der Waals surface area contributed by atoms with E-state index >= 15 is 0 Å². The lowest BCUT2D eigenvalue weighted by atomic mass is 10.0. The summed E-state index contributed by atoms with van der Waals surface area (Å²) < 4.78 is 8.45. The third-order valence-corrected chi connectivity index (χ3v) is 6.56. The van der Waals surface area contributed by atoms with Crippen molar-refractivity contribution in [3.63, 3.8) is 0 Å². The van der Waals surface area contributed by atoms with Gasteiger partial charge in [-0.25, -0.2) is 4.98 Å². The Kier molecular flexibility index (Phi) is 7.45. The van der Waals surface area contributed by atoms with Gasteiger partial charge in [0.25, 0.3) is 5.91 Å². The monoisotopic (exact) mass is 461 g/mol. The van der Waals surface area contributed by atoms with Gasteiger partial charge in [-0.3, -0.25) is 4.79 Å². The minimum absolute atomic E-state index is 0.0276. The molecule has 0 atom stereocenters. The molecule has 0 spiro atoms. The first kappa shape index (κ1) is 23.1. The fraction of sp³-hybridized carbons (Fsp3) is 0.333. The van der Waals surface area contributed by atoms with E-state index in [0.717, 1.165) is 40.5 Å².